The molecule has 4 heterocycles. The number of hydrogen-bond acceptors (Lipinski definition) is 7. The van der Waals surface area contributed by atoms with E-state index in [2.05, 4.69) is 19.9 Å². The van der Waals surface area contributed by atoms with Gasteiger partial charge in [0.1, 0.15) is 11.9 Å². The molecule has 4 rings (SSSR count). The van der Waals surface area contributed by atoms with Gasteiger partial charge in [-0.25, -0.2) is 14.8 Å². The molecule has 1 fully saturated rings. The van der Waals surface area contributed by atoms with Crippen molar-refractivity contribution in [1.29, 1.82) is 0 Å². The third-order valence-electron chi connectivity index (χ3n) is 5.00. The molecule has 1 aliphatic heterocycles. The fourth-order valence-electron chi connectivity index (χ4n) is 3.51. The van der Waals surface area contributed by atoms with Gasteiger partial charge in [-0.3, -0.25) is 4.98 Å². The Labute approximate surface area is 175 Å². The molecule has 3 aromatic rings. The Balaban J connectivity index is 1.50. The molecule has 1 amide bonds. The summed E-state index contributed by atoms with van der Waals surface area (Å²) in [6.07, 6.45) is 6.31. The number of amides is 1. The molecule has 30 heavy (non-hydrogen) atoms. The number of fused-ring (bicyclic) bond motifs is 1. The number of rotatable bonds is 3. The third kappa shape index (κ3) is 4.19. The monoisotopic (exact) mass is 410 g/mol. The number of likely N-dealkylation sites (tertiary alicyclic amines) is 1. The maximum atomic E-state index is 12.3. The molecule has 0 radical (unpaired) electrons. The molecule has 0 unspecified atom stereocenters. The number of ether oxygens (including phenoxy) is 2. The van der Waals surface area contributed by atoms with E-state index in [4.69, 9.17) is 9.47 Å². The molecule has 0 spiro atoms. The molecule has 0 aromatic carbocycles. The van der Waals surface area contributed by atoms with Gasteiger partial charge in [-0.05, 0) is 52.7 Å². The van der Waals surface area contributed by atoms with Crippen LogP contribution in [0.5, 0.6) is 11.6 Å². The van der Waals surface area contributed by atoms with Crippen molar-refractivity contribution in [1.82, 2.24) is 29.4 Å². The lowest BCUT2D eigenvalue weighted by Gasteiger charge is -2.33. The fourth-order valence-corrected chi connectivity index (χ4v) is 3.51. The highest BCUT2D eigenvalue weighted by molar-refractivity contribution is 5.76. The van der Waals surface area contributed by atoms with E-state index in [0.29, 0.717) is 30.2 Å². The molecule has 9 nitrogen and oxygen atoms in total. The summed E-state index contributed by atoms with van der Waals surface area (Å²) in [6, 6.07) is 3.86. The molecule has 0 aliphatic carbocycles. The summed E-state index contributed by atoms with van der Waals surface area (Å²) in [7, 11) is 0. The summed E-state index contributed by atoms with van der Waals surface area (Å²) in [5.41, 5.74) is 1.61. The second kappa shape index (κ2) is 7.89. The van der Waals surface area contributed by atoms with Crippen LogP contribution in [0.4, 0.5) is 4.79 Å². The second-order valence-corrected chi connectivity index (χ2v) is 8.39. The maximum absolute atomic E-state index is 12.3. The Morgan fingerprint density at radius 1 is 1.13 bits per heavy atom. The zero-order chi connectivity index (χ0) is 21.3. The first-order valence-electron chi connectivity index (χ1n) is 10.1. The molecule has 1 saturated heterocycles. The van der Waals surface area contributed by atoms with Crippen LogP contribution < -0.4 is 4.74 Å². The van der Waals surface area contributed by atoms with Crippen LogP contribution in [-0.4, -0.2) is 54.2 Å². The molecule has 9 heteroatoms. The van der Waals surface area contributed by atoms with Crippen LogP contribution in [0, 0.1) is 6.92 Å². The molecule has 158 valence electrons. The van der Waals surface area contributed by atoms with Crippen molar-refractivity contribution in [3.8, 4) is 11.6 Å². The highest BCUT2D eigenvalue weighted by atomic mass is 16.6. The highest BCUT2D eigenvalue weighted by Crippen LogP contribution is 2.31. The number of aromatic nitrogens is 5. The van der Waals surface area contributed by atoms with Crippen LogP contribution in [0.25, 0.3) is 11.2 Å². The number of hydrogen-bond donors (Lipinski definition) is 0. The minimum absolute atomic E-state index is 0.191. The highest BCUT2D eigenvalue weighted by Gasteiger charge is 2.28. The molecular formula is C21H26N6O3. The van der Waals surface area contributed by atoms with Gasteiger partial charge in [0.2, 0.25) is 0 Å². The average Bonchev–Trinajstić information content (AvgIpc) is 3.14. The Morgan fingerprint density at radius 3 is 2.60 bits per heavy atom. The van der Waals surface area contributed by atoms with Crippen LogP contribution >= 0.6 is 0 Å². The van der Waals surface area contributed by atoms with Crippen molar-refractivity contribution in [3.63, 3.8) is 0 Å². The van der Waals surface area contributed by atoms with Gasteiger partial charge in [-0.15, -0.1) is 0 Å². The number of piperidine rings is 1. The van der Waals surface area contributed by atoms with Gasteiger partial charge < -0.3 is 18.9 Å². The number of nitrogens with zero attached hydrogens (tertiary/aromatic N) is 6. The zero-order valence-electron chi connectivity index (χ0n) is 17.7. The van der Waals surface area contributed by atoms with Crippen molar-refractivity contribution < 1.29 is 14.3 Å². The van der Waals surface area contributed by atoms with E-state index in [1.54, 1.807) is 17.4 Å². The predicted octanol–water partition coefficient (Wildman–Crippen LogP) is 3.89. The number of carbonyl (C=O) groups is 1. The summed E-state index contributed by atoms with van der Waals surface area (Å²) in [5.74, 6) is 1.04. The van der Waals surface area contributed by atoms with Crippen LogP contribution in [-0.2, 0) is 4.74 Å². The van der Waals surface area contributed by atoms with Gasteiger partial charge in [-0.2, -0.15) is 4.98 Å². The number of pyridine rings is 1. The molecule has 0 atom stereocenters. The summed E-state index contributed by atoms with van der Waals surface area (Å²) in [5, 5.41) is 0. The summed E-state index contributed by atoms with van der Waals surface area (Å²) < 4.78 is 13.5. The van der Waals surface area contributed by atoms with E-state index in [1.807, 2.05) is 44.4 Å². The predicted molar refractivity (Wildman–Crippen MR) is 110 cm³/mol. The smallest absolute Gasteiger partial charge is 0.410 e. The van der Waals surface area contributed by atoms with E-state index >= 15 is 0 Å². The first-order chi connectivity index (χ1) is 14.3. The van der Waals surface area contributed by atoms with Crippen LogP contribution in [0.15, 0.2) is 31.0 Å². The molecule has 0 bridgehead atoms. The van der Waals surface area contributed by atoms with Gasteiger partial charge in [0, 0.05) is 25.3 Å². The largest absolute Gasteiger partial charge is 0.444 e. The van der Waals surface area contributed by atoms with Crippen molar-refractivity contribution in [2.45, 2.75) is 52.2 Å². The molecule has 0 N–H and O–H groups in total. The van der Waals surface area contributed by atoms with Crippen LogP contribution in [0.3, 0.4) is 0 Å². The Morgan fingerprint density at radius 2 is 1.90 bits per heavy atom. The van der Waals surface area contributed by atoms with E-state index in [0.717, 1.165) is 24.2 Å². The van der Waals surface area contributed by atoms with Crippen LogP contribution in [0.1, 0.15) is 45.3 Å². The second-order valence-electron chi connectivity index (χ2n) is 8.39. The summed E-state index contributed by atoms with van der Waals surface area (Å²) >= 11 is 0. The average molecular weight is 410 g/mol. The van der Waals surface area contributed by atoms with Crippen molar-refractivity contribution >= 4 is 17.3 Å². The van der Waals surface area contributed by atoms with Gasteiger partial charge in [0.15, 0.2) is 16.9 Å². The normalized spacial score (nSPS) is 15.4. The molecule has 0 saturated carbocycles. The Kier molecular flexibility index (Phi) is 5.27. The van der Waals surface area contributed by atoms with Crippen molar-refractivity contribution in [3.05, 3.63) is 36.7 Å². The topological polar surface area (TPSA) is 95.3 Å². The number of imidazole rings is 1. The lowest BCUT2D eigenvalue weighted by molar-refractivity contribution is 0.0189. The standard InChI is InChI=1S/C21H26N6O3/c1-14-16(6-5-9-22-14)29-19-17-18(23-12-24-19)27(13-25-17)15-7-10-26(11-8-15)20(28)30-21(2,3)4/h5-6,9,12-13,15H,7-8,10-11H2,1-4H3. The minimum Gasteiger partial charge on any atom is -0.444 e. The lowest BCUT2D eigenvalue weighted by Crippen LogP contribution is -2.42. The molecule has 3 aromatic heterocycles. The fraction of sp³-hybridized carbons (Fsp3) is 0.476. The van der Waals surface area contributed by atoms with E-state index < -0.39 is 5.60 Å². The molecule has 1 aliphatic rings. The van der Waals surface area contributed by atoms with Crippen molar-refractivity contribution in [2.24, 2.45) is 0 Å². The number of aryl methyl sites for hydroxylation is 1. The summed E-state index contributed by atoms with van der Waals surface area (Å²) in [4.78, 5) is 31.5. The first-order valence-corrected chi connectivity index (χ1v) is 10.1. The van der Waals surface area contributed by atoms with Gasteiger partial charge in [0.25, 0.3) is 5.88 Å². The Hall–Kier alpha value is -3.23. The van der Waals surface area contributed by atoms with E-state index in [-0.39, 0.29) is 12.1 Å². The van der Waals surface area contributed by atoms with Gasteiger partial charge in [-0.1, -0.05) is 0 Å². The molecular weight excluding hydrogens is 384 g/mol. The van der Waals surface area contributed by atoms with Crippen molar-refractivity contribution in [2.75, 3.05) is 13.1 Å². The van der Waals surface area contributed by atoms with Gasteiger partial charge in [0.05, 0.1) is 12.0 Å². The summed E-state index contributed by atoms with van der Waals surface area (Å²) in [6.45, 7) is 8.76. The SMILES string of the molecule is Cc1ncccc1Oc1ncnc2c1ncn2C1CCN(C(=O)OC(C)(C)C)CC1. The quantitative estimate of drug-likeness (QED) is 0.646. The van der Waals surface area contributed by atoms with E-state index in [1.165, 1.54) is 6.33 Å². The number of carbonyl (C=O) groups excluding carboxylic acids is 1. The minimum atomic E-state index is -0.492. The van der Waals surface area contributed by atoms with Gasteiger partial charge >= 0.3 is 6.09 Å². The lowest BCUT2D eigenvalue weighted by atomic mass is 10.1. The zero-order valence-corrected chi connectivity index (χ0v) is 17.7. The van der Waals surface area contributed by atoms with Crippen LogP contribution in [0.2, 0.25) is 0 Å². The Bertz CT molecular complexity index is 1050. The maximum Gasteiger partial charge on any atom is 0.410 e. The van der Waals surface area contributed by atoms with E-state index in [9.17, 15) is 4.79 Å². The third-order valence-corrected chi connectivity index (χ3v) is 5.00. The first kappa shape index (κ1) is 20.1.